The van der Waals surface area contributed by atoms with Crippen molar-refractivity contribution < 1.29 is 47.7 Å². The van der Waals surface area contributed by atoms with E-state index in [9.17, 15) is 28.8 Å². The number of hydrogen-bond acceptors (Lipinski definition) is 10. The Morgan fingerprint density at radius 3 is 1.65 bits per heavy atom. The number of rotatable bonds is 10. The summed E-state index contributed by atoms with van der Waals surface area (Å²) in [6.07, 6.45) is -5.69. The van der Waals surface area contributed by atoms with Gasteiger partial charge in [-0.15, -0.1) is 0 Å². The van der Waals surface area contributed by atoms with Crippen LogP contribution in [-0.2, 0) is 39.9 Å². The third-order valence-corrected chi connectivity index (χ3v) is 9.87. The third kappa shape index (κ3) is 6.91. The number of carbonyl (C=O) groups is 6. The third-order valence-electron chi connectivity index (χ3n) is 9.87. The predicted octanol–water partition coefficient (Wildman–Crippen LogP) is 4.40. The van der Waals surface area contributed by atoms with E-state index < -0.39 is 78.6 Å². The first-order chi connectivity index (χ1) is 26.1. The Morgan fingerprint density at radius 1 is 0.630 bits per heavy atom. The standard InChI is InChI=1S/C42H36N2O10/c1-25-31-32(39(47)44(25)23-26-15-7-3-8-16-26)33(38(46)43(2)37(31)45)35-36(54-42(50)29-21-13-6-14-22-29)34(53-41(49)28-19-11-5-12-20-28)30(52-35)24-51-40(48)27-17-9-4-10-18-27/h3-22,25,30,33-36H,23-24H2,1-2H3. The number of amides is 3. The quantitative estimate of drug-likeness (QED) is 0.131. The zero-order chi connectivity index (χ0) is 37.9. The maximum atomic E-state index is 14.4. The SMILES string of the molecule is CC1C2=C(C(=O)N1Cc1ccccc1)C(C1OC(COC(=O)c3ccccc3)C(OC(=O)c3ccccc3)C1OC(=O)c1ccccc1)C(=O)N(C)C2=O. The van der Waals surface area contributed by atoms with Crippen LogP contribution in [0.15, 0.2) is 132 Å². The molecule has 0 bridgehead atoms. The Hall–Kier alpha value is -6.40. The number of hydrogen-bond donors (Lipinski definition) is 0. The summed E-state index contributed by atoms with van der Waals surface area (Å²) in [5.41, 5.74) is 1.41. The van der Waals surface area contributed by atoms with Gasteiger partial charge in [-0.1, -0.05) is 84.9 Å². The minimum atomic E-state index is -1.51. The molecule has 0 aromatic heterocycles. The van der Waals surface area contributed by atoms with Crippen LogP contribution in [0.4, 0.5) is 0 Å². The molecule has 1 saturated heterocycles. The minimum absolute atomic E-state index is 0.0904. The van der Waals surface area contributed by atoms with Crippen molar-refractivity contribution in [2.24, 2.45) is 5.92 Å². The van der Waals surface area contributed by atoms with E-state index in [1.54, 1.807) is 73.7 Å². The zero-order valence-electron chi connectivity index (χ0n) is 29.4. The second kappa shape index (κ2) is 15.3. The van der Waals surface area contributed by atoms with E-state index in [1.807, 2.05) is 30.3 Å². The molecule has 0 saturated carbocycles. The fourth-order valence-corrected chi connectivity index (χ4v) is 7.11. The van der Waals surface area contributed by atoms with Crippen molar-refractivity contribution in [3.63, 3.8) is 0 Å². The van der Waals surface area contributed by atoms with Crippen molar-refractivity contribution in [3.8, 4) is 0 Å². The normalized spacial score (nSPS) is 23.6. The van der Waals surface area contributed by atoms with Gasteiger partial charge in [0, 0.05) is 24.7 Å². The number of likely N-dealkylation sites (N-methyl/N-ethyl adjacent to an activating group) is 1. The predicted molar refractivity (Wildman–Crippen MR) is 191 cm³/mol. The highest BCUT2D eigenvalue weighted by Gasteiger charge is 2.60. The lowest BCUT2D eigenvalue weighted by atomic mass is 9.82. The highest BCUT2D eigenvalue weighted by atomic mass is 16.7. The molecule has 0 aliphatic carbocycles. The number of ether oxygens (including phenoxy) is 4. The van der Waals surface area contributed by atoms with Crippen LogP contribution in [0.5, 0.6) is 0 Å². The Labute approximate surface area is 310 Å². The van der Waals surface area contributed by atoms with Gasteiger partial charge in [-0.3, -0.25) is 19.3 Å². The molecular weight excluding hydrogens is 692 g/mol. The molecule has 4 aromatic carbocycles. The molecule has 4 aromatic rings. The molecular formula is C42H36N2O10. The lowest BCUT2D eigenvalue weighted by Crippen LogP contribution is -2.52. The van der Waals surface area contributed by atoms with E-state index in [-0.39, 0.29) is 34.4 Å². The van der Waals surface area contributed by atoms with Crippen molar-refractivity contribution in [1.29, 1.82) is 0 Å². The Balaban J connectivity index is 1.30. The van der Waals surface area contributed by atoms with Crippen LogP contribution >= 0.6 is 0 Å². The molecule has 0 spiro atoms. The molecule has 54 heavy (non-hydrogen) atoms. The van der Waals surface area contributed by atoms with Gasteiger partial charge < -0.3 is 23.8 Å². The maximum Gasteiger partial charge on any atom is 0.338 e. The molecule has 0 N–H and O–H groups in total. The smallest absolute Gasteiger partial charge is 0.338 e. The first kappa shape index (κ1) is 36.0. The van der Waals surface area contributed by atoms with E-state index in [1.165, 1.54) is 36.2 Å². The number of imide groups is 1. The molecule has 274 valence electrons. The van der Waals surface area contributed by atoms with Crippen LogP contribution < -0.4 is 0 Å². The van der Waals surface area contributed by atoms with Gasteiger partial charge in [0.25, 0.3) is 11.8 Å². The van der Waals surface area contributed by atoms with Gasteiger partial charge in [0.15, 0.2) is 12.2 Å². The van der Waals surface area contributed by atoms with Gasteiger partial charge in [-0.2, -0.15) is 0 Å². The summed E-state index contributed by atoms with van der Waals surface area (Å²) in [4.78, 5) is 85.3. The lowest BCUT2D eigenvalue weighted by molar-refractivity contribution is -0.150. The summed E-state index contributed by atoms with van der Waals surface area (Å²) >= 11 is 0. The molecule has 0 radical (unpaired) electrons. The molecule has 6 atom stereocenters. The summed E-state index contributed by atoms with van der Waals surface area (Å²) < 4.78 is 24.3. The zero-order valence-corrected chi connectivity index (χ0v) is 29.4. The van der Waals surface area contributed by atoms with Gasteiger partial charge in [0.05, 0.1) is 28.7 Å². The highest BCUT2D eigenvalue weighted by molar-refractivity contribution is 6.19. The molecule has 1 fully saturated rings. The highest BCUT2D eigenvalue weighted by Crippen LogP contribution is 2.44. The molecule has 3 heterocycles. The van der Waals surface area contributed by atoms with Crippen molar-refractivity contribution in [1.82, 2.24) is 9.80 Å². The van der Waals surface area contributed by atoms with Crippen molar-refractivity contribution in [2.45, 2.75) is 43.9 Å². The van der Waals surface area contributed by atoms with Crippen molar-refractivity contribution in [3.05, 3.63) is 155 Å². The van der Waals surface area contributed by atoms with Crippen molar-refractivity contribution in [2.75, 3.05) is 13.7 Å². The first-order valence-corrected chi connectivity index (χ1v) is 17.4. The average molecular weight is 729 g/mol. The van der Waals surface area contributed by atoms with Crippen LogP contribution in [0.25, 0.3) is 0 Å². The van der Waals surface area contributed by atoms with Gasteiger partial charge in [-0.25, -0.2) is 14.4 Å². The van der Waals surface area contributed by atoms with Crippen LogP contribution in [0.1, 0.15) is 43.6 Å². The van der Waals surface area contributed by atoms with Crippen LogP contribution in [0.3, 0.4) is 0 Å². The maximum absolute atomic E-state index is 14.4. The van der Waals surface area contributed by atoms with E-state index >= 15 is 0 Å². The summed E-state index contributed by atoms with van der Waals surface area (Å²) in [6.45, 7) is 1.38. The van der Waals surface area contributed by atoms with Crippen LogP contribution in [0.2, 0.25) is 0 Å². The van der Waals surface area contributed by atoms with Crippen LogP contribution in [-0.4, -0.2) is 89.5 Å². The second-order valence-corrected chi connectivity index (χ2v) is 13.2. The van der Waals surface area contributed by atoms with Gasteiger partial charge in [0.2, 0.25) is 5.91 Å². The Kier molecular flexibility index (Phi) is 10.2. The Bertz CT molecular complexity index is 2110. The monoisotopic (exact) mass is 728 g/mol. The van der Waals surface area contributed by atoms with Crippen LogP contribution in [0, 0.1) is 5.92 Å². The van der Waals surface area contributed by atoms with E-state index in [2.05, 4.69) is 0 Å². The van der Waals surface area contributed by atoms with Gasteiger partial charge in [0.1, 0.15) is 18.8 Å². The molecule has 6 unspecified atom stereocenters. The van der Waals surface area contributed by atoms with Gasteiger partial charge in [-0.05, 0) is 48.9 Å². The molecule has 3 aliphatic rings. The fourth-order valence-electron chi connectivity index (χ4n) is 7.11. The topological polar surface area (TPSA) is 146 Å². The van der Waals surface area contributed by atoms with Crippen molar-refractivity contribution >= 4 is 35.6 Å². The molecule has 3 amide bonds. The number of benzene rings is 4. The number of nitrogens with zero attached hydrogens (tertiary/aromatic N) is 2. The summed E-state index contributed by atoms with van der Waals surface area (Å²) in [5.74, 6) is -5.77. The fraction of sp³-hybridized carbons (Fsp3) is 0.238. The molecule has 7 rings (SSSR count). The number of carbonyl (C=O) groups excluding carboxylic acids is 6. The minimum Gasteiger partial charge on any atom is -0.459 e. The van der Waals surface area contributed by atoms with E-state index in [4.69, 9.17) is 18.9 Å². The van der Waals surface area contributed by atoms with E-state index in [0.717, 1.165) is 10.5 Å². The largest absolute Gasteiger partial charge is 0.459 e. The lowest BCUT2D eigenvalue weighted by Gasteiger charge is -2.34. The average Bonchev–Trinajstić information content (AvgIpc) is 3.65. The molecule has 12 heteroatoms. The number of esters is 3. The molecule has 12 nitrogen and oxygen atoms in total. The Morgan fingerprint density at radius 2 is 1.11 bits per heavy atom. The second-order valence-electron chi connectivity index (χ2n) is 13.2. The molecule has 3 aliphatic heterocycles. The first-order valence-electron chi connectivity index (χ1n) is 17.4. The van der Waals surface area contributed by atoms with E-state index in [0.29, 0.717) is 0 Å². The summed E-state index contributed by atoms with van der Waals surface area (Å²) in [6, 6.07) is 32.8. The summed E-state index contributed by atoms with van der Waals surface area (Å²) in [5, 5.41) is 0. The summed E-state index contributed by atoms with van der Waals surface area (Å²) in [7, 11) is 1.31. The van der Waals surface area contributed by atoms with Gasteiger partial charge >= 0.3 is 17.9 Å².